The van der Waals surface area contributed by atoms with Crippen LogP contribution in [0.1, 0.15) is 49.7 Å². The van der Waals surface area contributed by atoms with E-state index in [1.54, 1.807) is 14.2 Å². The lowest BCUT2D eigenvalue weighted by Gasteiger charge is -2.64. The van der Waals surface area contributed by atoms with Gasteiger partial charge in [-0.2, -0.15) is 0 Å². The van der Waals surface area contributed by atoms with Gasteiger partial charge in [-0.15, -0.1) is 0 Å². The van der Waals surface area contributed by atoms with E-state index in [9.17, 15) is 5.11 Å². The number of nitrogens with zero attached hydrogens (tertiary/aromatic N) is 1. The summed E-state index contributed by atoms with van der Waals surface area (Å²) in [5.41, 5.74) is 0.939. The van der Waals surface area contributed by atoms with Crippen molar-refractivity contribution in [1.82, 2.24) is 4.90 Å². The van der Waals surface area contributed by atoms with Crippen molar-refractivity contribution < 1.29 is 61.9 Å². The molecule has 14 heteroatoms. The number of hydrogen-bond acceptors (Lipinski definition) is 14. The molecule has 3 fully saturated rings. The number of likely N-dealkylation sites (tertiary alicyclic amines) is 1. The third-order valence-electron chi connectivity index (χ3n) is 11.8. The Bertz CT molecular complexity index is 1240. The van der Waals surface area contributed by atoms with E-state index in [0.717, 1.165) is 49.6 Å². The Morgan fingerprint density at radius 2 is 1.28 bits per heavy atom. The number of aliphatic hydroxyl groups is 1. The molecule has 0 radical (unpaired) electrons. The first kappa shape index (κ1) is 42.0. The Labute approximate surface area is 321 Å². The summed E-state index contributed by atoms with van der Waals surface area (Å²) in [6.07, 6.45) is 6.49. The zero-order chi connectivity index (χ0) is 37.5. The lowest BCUT2D eigenvalue weighted by atomic mass is 9.48. The monoisotopic (exact) mass is 767 g/mol. The standard InChI is InChI=1S/C40H65NO13/c1-43-12-14-45-16-17-46-18-19-47-20-21-48-22-23-49-24-25-50-26-27-52-34-8-9-40(42)35-28-32-6-7-33(53-30-51-15-13-44-2)37-36(32)39(40,38(34)54-37)10-11-41(35)29-31-4-3-5-31/h6-7,31,34-35,38,42H,3-5,8-30H2,1-2H3/t34-,35+,38-,39-,40+/m0/s1. The van der Waals surface area contributed by atoms with E-state index < -0.39 is 11.0 Å². The van der Waals surface area contributed by atoms with E-state index in [2.05, 4.69) is 11.0 Å². The van der Waals surface area contributed by atoms with Crippen molar-refractivity contribution in [1.29, 1.82) is 0 Å². The second-order valence-corrected chi connectivity index (χ2v) is 14.9. The zero-order valence-electron chi connectivity index (χ0n) is 32.6. The molecule has 2 bridgehead atoms. The molecule has 6 rings (SSSR count). The second kappa shape index (κ2) is 21.8. The van der Waals surface area contributed by atoms with E-state index in [1.807, 2.05) is 6.07 Å². The Morgan fingerprint density at radius 3 is 1.85 bits per heavy atom. The molecule has 0 aromatic heterocycles. The minimum Gasteiger partial charge on any atom is -0.482 e. The van der Waals surface area contributed by atoms with Crippen molar-refractivity contribution in [2.75, 3.05) is 140 Å². The number of hydrogen-bond donors (Lipinski definition) is 1. The molecule has 3 aliphatic carbocycles. The van der Waals surface area contributed by atoms with Crippen molar-refractivity contribution in [3.63, 3.8) is 0 Å². The van der Waals surface area contributed by atoms with Gasteiger partial charge < -0.3 is 61.9 Å². The van der Waals surface area contributed by atoms with Crippen LogP contribution in [0, 0.1) is 5.92 Å². The van der Waals surface area contributed by atoms with Crippen molar-refractivity contribution in [3.8, 4) is 11.5 Å². The largest absolute Gasteiger partial charge is 0.482 e. The number of piperidine rings is 1. The molecule has 1 saturated heterocycles. The van der Waals surface area contributed by atoms with Crippen LogP contribution in [0.5, 0.6) is 11.5 Å². The SMILES string of the molecule is COCCOCCOCCOCCOCCOCCOCCO[C@H]1CC[C@@]2(O)[C@H]3Cc4ccc(OCOCCOC)c5c4[C@@]2(CCN3CC2CCC2)[C@H]1O5. The summed E-state index contributed by atoms with van der Waals surface area (Å²) in [7, 11) is 3.30. The Morgan fingerprint density at radius 1 is 0.704 bits per heavy atom. The summed E-state index contributed by atoms with van der Waals surface area (Å²) in [5, 5.41) is 12.9. The molecule has 14 nitrogen and oxygen atoms in total. The molecule has 0 amide bonds. The van der Waals surface area contributed by atoms with E-state index in [-0.39, 0.29) is 25.0 Å². The fraction of sp³-hybridized carbons (Fsp3) is 0.850. The number of benzene rings is 1. The molecule has 1 N–H and O–H groups in total. The van der Waals surface area contributed by atoms with Gasteiger partial charge in [-0.3, -0.25) is 4.90 Å². The number of rotatable bonds is 30. The van der Waals surface area contributed by atoms with Gasteiger partial charge in [0.2, 0.25) is 0 Å². The normalized spacial score (nSPS) is 27.1. The minimum atomic E-state index is -0.898. The van der Waals surface area contributed by atoms with Crippen molar-refractivity contribution in [3.05, 3.63) is 23.3 Å². The van der Waals surface area contributed by atoms with Gasteiger partial charge in [-0.05, 0) is 62.6 Å². The van der Waals surface area contributed by atoms with Crippen LogP contribution in [0.3, 0.4) is 0 Å². The van der Waals surface area contributed by atoms with Gasteiger partial charge in [0, 0.05) is 32.4 Å². The van der Waals surface area contributed by atoms with Crippen LogP contribution in [-0.2, 0) is 59.2 Å². The summed E-state index contributed by atoms with van der Waals surface area (Å²) in [6.45, 7) is 10.2. The van der Waals surface area contributed by atoms with Gasteiger partial charge in [0.05, 0.1) is 123 Å². The summed E-state index contributed by atoms with van der Waals surface area (Å²) >= 11 is 0. The molecule has 2 heterocycles. The maximum atomic E-state index is 12.9. The Hall–Kier alpha value is -1.66. The smallest absolute Gasteiger partial charge is 0.189 e. The van der Waals surface area contributed by atoms with E-state index in [4.69, 9.17) is 56.8 Å². The Kier molecular flexibility index (Phi) is 16.9. The highest BCUT2D eigenvalue weighted by molar-refractivity contribution is 5.63. The summed E-state index contributed by atoms with van der Waals surface area (Å²) in [6, 6.07) is 4.26. The molecule has 54 heavy (non-hydrogen) atoms. The third kappa shape index (κ3) is 10.1. The van der Waals surface area contributed by atoms with Crippen LogP contribution in [0.4, 0.5) is 0 Å². The first-order valence-electron chi connectivity index (χ1n) is 20.2. The van der Waals surface area contributed by atoms with Crippen molar-refractivity contribution >= 4 is 0 Å². The van der Waals surface area contributed by atoms with Gasteiger partial charge >= 0.3 is 0 Å². The fourth-order valence-electron chi connectivity index (χ4n) is 8.99. The molecular formula is C40H65NO13. The van der Waals surface area contributed by atoms with Crippen LogP contribution in [-0.4, -0.2) is 174 Å². The maximum absolute atomic E-state index is 12.9. The van der Waals surface area contributed by atoms with E-state index in [1.165, 1.54) is 24.8 Å². The highest BCUT2D eigenvalue weighted by Gasteiger charge is 2.73. The molecule has 1 aromatic carbocycles. The first-order valence-corrected chi connectivity index (χ1v) is 20.2. The third-order valence-corrected chi connectivity index (χ3v) is 11.8. The second-order valence-electron chi connectivity index (χ2n) is 14.9. The minimum absolute atomic E-state index is 0.0662. The number of methoxy groups -OCH3 is 2. The van der Waals surface area contributed by atoms with Gasteiger partial charge in [-0.25, -0.2) is 0 Å². The van der Waals surface area contributed by atoms with Crippen molar-refractivity contribution in [2.45, 2.75) is 74.2 Å². The van der Waals surface area contributed by atoms with E-state index >= 15 is 0 Å². The van der Waals surface area contributed by atoms with Crippen LogP contribution < -0.4 is 9.47 Å². The summed E-state index contributed by atoms with van der Waals surface area (Å²) in [4.78, 5) is 2.60. The Balaban J connectivity index is 0.901. The van der Waals surface area contributed by atoms with Crippen LogP contribution in [0.25, 0.3) is 0 Å². The summed E-state index contributed by atoms with van der Waals surface area (Å²) < 4.78 is 68.7. The van der Waals surface area contributed by atoms with E-state index in [0.29, 0.717) is 118 Å². The first-order chi connectivity index (χ1) is 26.6. The predicted molar refractivity (Wildman–Crippen MR) is 198 cm³/mol. The molecule has 1 spiro atoms. The van der Waals surface area contributed by atoms with Crippen molar-refractivity contribution in [2.24, 2.45) is 5.92 Å². The zero-order valence-corrected chi connectivity index (χ0v) is 32.6. The predicted octanol–water partition coefficient (Wildman–Crippen LogP) is 2.77. The average molecular weight is 768 g/mol. The topological polar surface area (TPSA) is 134 Å². The lowest BCUT2D eigenvalue weighted by Crippen LogP contribution is -2.77. The molecule has 308 valence electrons. The molecule has 5 atom stereocenters. The summed E-state index contributed by atoms with van der Waals surface area (Å²) in [5.74, 6) is 2.15. The van der Waals surface area contributed by atoms with Crippen LogP contribution in [0.15, 0.2) is 12.1 Å². The van der Waals surface area contributed by atoms with Gasteiger partial charge in [0.1, 0.15) is 6.10 Å². The maximum Gasteiger partial charge on any atom is 0.189 e. The molecule has 5 aliphatic rings. The number of ether oxygens (including phenoxy) is 12. The molecule has 0 unspecified atom stereocenters. The molecule has 2 aliphatic heterocycles. The van der Waals surface area contributed by atoms with Crippen LogP contribution >= 0.6 is 0 Å². The lowest BCUT2D eigenvalue weighted by molar-refractivity contribution is -0.218. The quantitative estimate of drug-likeness (QED) is 0.0909. The van der Waals surface area contributed by atoms with Crippen LogP contribution in [0.2, 0.25) is 0 Å². The fourth-order valence-corrected chi connectivity index (χ4v) is 8.99. The van der Waals surface area contributed by atoms with Gasteiger partial charge in [0.25, 0.3) is 0 Å². The molecule has 1 aromatic rings. The highest BCUT2D eigenvalue weighted by atomic mass is 16.7. The van der Waals surface area contributed by atoms with Gasteiger partial charge in [-0.1, -0.05) is 12.5 Å². The van der Waals surface area contributed by atoms with Gasteiger partial charge in [0.15, 0.2) is 18.3 Å². The highest BCUT2D eigenvalue weighted by Crippen LogP contribution is 2.66. The molecular weight excluding hydrogens is 702 g/mol. The average Bonchev–Trinajstić information content (AvgIpc) is 3.51. The molecule has 2 saturated carbocycles.